The lowest BCUT2D eigenvalue weighted by atomic mass is 10.0. The number of benzene rings is 1. The number of ether oxygens (including phenoxy) is 1. The van der Waals surface area contributed by atoms with Crippen molar-refractivity contribution >= 4 is 51.1 Å². The van der Waals surface area contributed by atoms with Crippen LogP contribution < -0.4 is 4.80 Å². The molecule has 10 heteroatoms. The number of hydrogen-bond acceptors (Lipinski definition) is 6. The molecule has 31 heavy (non-hydrogen) atoms. The van der Waals surface area contributed by atoms with Gasteiger partial charge >= 0.3 is 5.97 Å². The molecule has 0 bridgehead atoms. The van der Waals surface area contributed by atoms with Crippen molar-refractivity contribution in [3.05, 3.63) is 28.8 Å². The Morgan fingerprint density at radius 1 is 1.32 bits per heavy atom. The van der Waals surface area contributed by atoms with Crippen LogP contribution in [0.25, 0.3) is 10.2 Å². The van der Waals surface area contributed by atoms with Crippen LogP contribution in [0.2, 0.25) is 0 Å². The molecule has 1 aliphatic rings. The van der Waals surface area contributed by atoms with Gasteiger partial charge in [0.25, 0.3) is 5.91 Å². The van der Waals surface area contributed by atoms with Gasteiger partial charge in [0.15, 0.2) is 4.80 Å². The third-order valence-electron chi connectivity index (χ3n) is 4.92. The molecule has 1 unspecified atom stereocenters. The zero-order valence-corrected chi connectivity index (χ0v) is 19.3. The van der Waals surface area contributed by atoms with Crippen molar-refractivity contribution in [2.24, 2.45) is 10.9 Å². The molecule has 1 fully saturated rings. The standard InChI is InChI=1S/C21H26FN3O4S2/c1-3-29-20(28)11-25-16-7-6-15(22)9-17(16)31-21(25)23-18(26)12-30-13-19(27)24-8-4-5-14(2)10-24/h6-7,9,14H,3-5,8,10-13H2,1-2H3. The van der Waals surface area contributed by atoms with E-state index in [0.717, 1.165) is 37.3 Å². The van der Waals surface area contributed by atoms with Crippen LogP contribution in [0, 0.1) is 11.7 Å². The van der Waals surface area contributed by atoms with Gasteiger partial charge in [-0.25, -0.2) is 4.39 Å². The van der Waals surface area contributed by atoms with E-state index in [0.29, 0.717) is 20.9 Å². The Kier molecular flexibility index (Phi) is 8.25. The van der Waals surface area contributed by atoms with Gasteiger partial charge < -0.3 is 14.2 Å². The van der Waals surface area contributed by atoms with Gasteiger partial charge in [0.1, 0.15) is 12.4 Å². The van der Waals surface area contributed by atoms with Crippen LogP contribution in [-0.4, -0.2) is 58.5 Å². The van der Waals surface area contributed by atoms with Crippen molar-refractivity contribution in [3.8, 4) is 0 Å². The number of rotatable bonds is 7. The molecule has 1 saturated heterocycles. The first-order valence-corrected chi connectivity index (χ1v) is 12.2. The summed E-state index contributed by atoms with van der Waals surface area (Å²) >= 11 is 2.36. The minimum atomic E-state index is -0.462. The van der Waals surface area contributed by atoms with E-state index < -0.39 is 17.7 Å². The number of carbonyl (C=O) groups is 3. The van der Waals surface area contributed by atoms with Crippen LogP contribution >= 0.6 is 23.1 Å². The van der Waals surface area contributed by atoms with Gasteiger partial charge in [0.05, 0.1) is 28.3 Å². The Hall–Kier alpha value is -2.20. The van der Waals surface area contributed by atoms with Gasteiger partial charge in [0, 0.05) is 13.1 Å². The Labute approximate surface area is 188 Å². The SMILES string of the molecule is CCOC(=O)Cn1c(=NC(=O)CSCC(=O)N2CCCC(C)C2)sc2cc(F)ccc21. The molecule has 2 aromatic rings. The first-order valence-electron chi connectivity index (χ1n) is 10.2. The van der Waals surface area contributed by atoms with E-state index >= 15 is 0 Å². The van der Waals surface area contributed by atoms with E-state index in [1.807, 2.05) is 4.90 Å². The summed E-state index contributed by atoms with van der Waals surface area (Å²) in [4.78, 5) is 43.0. The molecule has 0 aliphatic carbocycles. The van der Waals surface area contributed by atoms with Gasteiger partial charge in [-0.15, -0.1) is 11.8 Å². The molecule has 168 valence electrons. The maximum atomic E-state index is 13.6. The number of likely N-dealkylation sites (tertiary alicyclic amines) is 1. The number of hydrogen-bond donors (Lipinski definition) is 0. The number of piperidine rings is 1. The Balaban J connectivity index is 1.69. The molecule has 0 saturated carbocycles. The second-order valence-corrected chi connectivity index (χ2v) is 9.47. The summed E-state index contributed by atoms with van der Waals surface area (Å²) in [7, 11) is 0. The molecule has 2 heterocycles. The second-order valence-electron chi connectivity index (χ2n) is 7.47. The van der Waals surface area contributed by atoms with E-state index in [-0.39, 0.29) is 30.6 Å². The van der Waals surface area contributed by atoms with Crippen molar-refractivity contribution in [1.29, 1.82) is 0 Å². The van der Waals surface area contributed by atoms with E-state index in [1.165, 1.54) is 23.9 Å². The molecule has 1 aromatic heterocycles. The zero-order chi connectivity index (χ0) is 22.4. The summed E-state index contributed by atoms with van der Waals surface area (Å²) in [6, 6.07) is 4.19. The number of halogens is 1. The van der Waals surface area contributed by atoms with Crippen molar-refractivity contribution < 1.29 is 23.5 Å². The molecule has 1 aromatic carbocycles. The normalized spacial score (nSPS) is 17.2. The highest BCUT2D eigenvalue weighted by atomic mass is 32.2. The fraction of sp³-hybridized carbons (Fsp3) is 0.524. The zero-order valence-electron chi connectivity index (χ0n) is 17.6. The molecule has 3 rings (SSSR count). The quantitative estimate of drug-likeness (QED) is 0.585. The highest BCUT2D eigenvalue weighted by Crippen LogP contribution is 2.19. The average Bonchev–Trinajstić information content (AvgIpc) is 3.03. The third kappa shape index (κ3) is 6.39. The van der Waals surface area contributed by atoms with Crippen LogP contribution in [0.4, 0.5) is 4.39 Å². The minimum Gasteiger partial charge on any atom is -0.465 e. The van der Waals surface area contributed by atoms with Gasteiger partial charge in [-0.1, -0.05) is 18.3 Å². The van der Waals surface area contributed by atoms with Crippen molar-refractivity contribution in [2.75, 3.05) is 31.2 Å². The number of fused-ring (bicyclic) bond motifs is 1. The number of thioether (sulfide) groups is 1. The van der Waals surface area contributed by atoms with Crippen LogP contribution in [0.15, 0.2) is 23.2 Å². The molecule has 7 nitrogen and oxygen atoms in total. The van der Waals surface area contributed by atoms with Gasteiger partial charge in [-0.3, -0.25) is 14.4 Å². The van der Waals surface area contributed by atoms with Crippen molar-refractivity contribution in [1.82, 2.24) is 9.47 Å². The second kappa shape index (κ2) is 10.9. The molecule has 0 radical (unpaired) electrons. The monoisotopic (exact) mass is 467 g/mol. The summed E-state index contributed by atoms with van der Waals surface area (Å²) in [5.41, 5.74) is 0.605. The Morgan fingerprint density at radius 3 is 2.87 bits per heavy atom. The minimum absolute atomic E-state index is 0.0408. The number of carbonyl (C=O) groups excluding carboxylic acids is 3. The number of aromatic nitrogens is 1. The van der Waals surface area contributed by atoms with Gasteiger partial charge in [-0.05, 0) is 43.9 Å². The van der Waals surface area contributed by atoms with Crippen LogP contribution in [0.1, 0.15) is 26.7 Å². The van der Waals surface area contributed by atoms with E-state index in [4.69, 9.17) is 4.74 Å². The molecule has 1 atom stereocenters. The highest BCUT2D eigenvalue weighted by molar-refractivity contribution is 8.00. The maximum absolute atomic E-state index is 13.6. The van der Waals surface area contributed by atoms with Gasteiger partial charge in [-0.2, -0.15) is 4.99 Å². The lowest BCUT2D eigenvalue weighted by molar-refractivity contribution is -0.143. The largest absolute Gasteiger partial charge is 0.465 e. The lowest BCUT2D eigenvalue weighted by Crippen LogP contribution is -2.40. The lowest BCUT2D eigenvalue weighted by Gasteiger charge is -2.30. The Bertz CT molecular complexity index is 1030. The maximum Gasteiger partial charge on any atom is 0.326 e. The van der Waals surface area contributed by atoms with Crippen LogP contribution in [0.5, 0.6) is 0 Å². The highest BCUT2D eigenvalue weighted by Gasteiger charge is 2.21. The van der Waals surface area contributed by atoms with Gasteiger partial charge in [0.2, 0.25) is 5.91 Å². The van der Waals surface area contributed by atoms with Crippen molar-refractivity contribution in [3.63, 3.8) is 0 Å². The summed E-state index contributed by atoms with van der Waals surface area (Å²) in [5.74, 6) is -0.446. The van der Waals surface area contributed by atoms with Crippen molar-refractivity contribution in [2.45, 2.75) is 33.2 Å². The third-order valence-corrected chi connectivity index (χ3v) is 6.86. The summed E-state index contributed by atoms with van der Waals surface area (Å²) in [6.45, 7) is 5.50. The van der Waals surface area contributed by atoms with Crippen LogP contribution in [-0.2, 0) is 25.7 Å². The topological polar surface area (TPSA) is 81.0 Å². The van der Waals surface area contributed by atoms with E-state index in [9.17, 15) is 18.8 Å². The number of nitrogens with zero attached hydrogens (tertiary/aromatic N) is 3. The Morgan fingerprint density at radius 2 is 2.13 bits per heavy atom. The summed E-state index contributed by atoms with van der Waals surface area (Å²) in [5, 5.41) is 0. The van der Waals surface area contributed by atoms with E-state index in [1.54, 1.807) is 17.6 Å². The molecular formula is C21H26FN3O4S2. The molecular weight excluding hydrogens is 441 g/mol. The fourth-order valence-electron chi connectivity index (χ4n) is 3.49. The first kappa shape index (κ1) is 23.5. The average molecular weight is 468 g/mol. The fourth-order valence-corrected chi connectivity index (χ4v) is 5.26. The summed E-state index contributed by atoms with van der Waals surface area (Å²) in [6.07, 6.45) is 2.15. The first-order chi connectivity index (χ1) is 14.9. The predicted octanol–water partition coefficient (Wildman–Crippen LogP) is 2.82. The number of thiazole rings is 1. The number of esters is 1. The smallest absolute Gasteiger partial charge is 0.326 e. The van der Waals surface area contributed by atoms with E-state index in [2.05, 4.69) is 11.9 Å². The predicted molar refractivity (Wildman–Crippen MR) is 119 cm³/mol. The molecule has 2 amide bonds. The number of amides is 2. The molecule has 1 aliphatic heterocycles. The molecule has 0 N–H and O–H groups in total. The van der Waals surface area contributed by atoms with Crippen LogP contribution in [0.3, 0.4) is 0 Å². The summed E-state index contributed by atoms with van der Waals surface area (Å²) < 4.78 is 20.8. The molecule has 0 spiro atoms.